The van der Waals surface area contributed by atoms with Gasteiger partial charge in [0.1, 0.15) is 0 Å². The van der Waals surface area contributed by atoms with E-state index < -0.39 is 0 Å². The lowest BCUT2D eigenvalue weighted by Gasteiger charge is -2.34. The van der Waals surface area contributed by atoms with Crippen LogP contribution >= 0.6 is 11.6 Å². The van der Waals surface area contributed by atoms with Gasteiger partial charge >= 0.3 is 0 Å². The maximum absolute atomic E-state index is 5.83. The fourth-order valence-corrected chi connectivity index (χ4v) is 2.54. The second-order valence-corrected chi connectivity index (χ2v) is 4.67. The number of alkyl halides is 1. The van der Waals surface area contributed by atoms with Crippen LogP contribution < -0.4 is 0 Å². The maximum Gasteiger partial charge on any atom is 0.188 e. The number of piperidine rings is 1. The molecule has 0 saturated carbocycles. The van der Waals surface area contributed by atoms with E-state index in [4.69, 9.17) is 11.6 Å². The number of halogens is 1. The van der Waals surface area contributed by atoms with Crippen molar-refractivity contribution in [1.29, 1.82) is 0 Å². The minimum atomic E-state index is 0.593. The second-order valence-electron chi connectivity index (χ2n) is 4.29. The molecule has 1 aliphatic heterocycles. The zero-order valence-electron chi connectivity index (χ0n) is 9.64. The molecule has 0 amide bonds. The van der Waals surface area contributed by atoms with Gasteiger partial charge in [-0.05, 0) is 31.0 Å². The first kappa shape index (κ1) is 11.8. The van der Waals surface area contributed by atoms with Gasteiger partial charge in [0.2, 0.25) is 0 Å². The normalized spacial score (nSPS) is 22.5. The molecule has 5 nitrogen and oxygen atoms in total. The van der Waals surface area contributed by atoms with Crippen LogP contribution in [0.3, 0.4) is 0 Å². The second kappa shape index (κ2) is 5.59. The molecule has 0 N–H and O–H groups in total. The highest BCUT2D eigenvalue weighted by molar-refractivity contribution is 6.17. The Hall–Kier alpha value is -0.680. The number of aromatic nitrogens is 4. The third-order valence-corrected chi connectivity index (χ3v) is 3.30. The van der Waals surface area contributed by atoms with Crippen LogP contribution in [0.4, 0.5) is 0 Å². The summed E-state index contributed by atoms with van der Waals surface area (Å²) in [5, 5.41) is 12.1. The van der Waals surface area contributed by atoms with Crippen molar-refractivity contribution >= 4 is 11.6 Å². The predicted molar refractivity (Wildman–Crippen MR) is 62.2 cm³/mol. The van der Waals surface area contributed by atoms with Crippen LogP contribution in [-0.4, -0.2) is 43.6 Å². The fourth-order valence-electron chi connectivity index (χ4n) is 2.29. The van der Waals surface area contributed by atoms with E-state index in [-0.39, 0.29) is 0 Å². The Labute approximate surface area is 101 Å². The summed E-state index contributed by atoms with van der Waals surface area (Å²) in [6, 6.07) is 0.593. The summed E-state index contributed by atoms with van der Waals surface area (Å²) in [6.45, 7) is 1.93. The predicted octanol–water partition coefficient (Wildman–Crippen LogP) is 1.19. The molecule has 0 aromatic carbocycles. The van der Waals surface area contributed by atoms with E-state index in [2.05, 4.69) is 20.3 Å². The number of hydrogen-bond acceptors (Lipinski definition) is 4. The van der Waals surface area contributed by atoms with Gasteiger partial charge in [-0.3, -0.25) is 4.90 Å². The fraction of sp³-hybridized carbons (Fsp3) is 0.900. The first-order valence-electron chi connectivity index (χ1n) is 5.82. The molecular formula is C10H18ClN5. The van der Waals surface area contributed by atoms with Crippen LogP contribution in [0, 0.1) is 0 Å². The minimum Gasteiger partial charge on any atom is -0.293 e. The van der Waals surface area contributed by atoms with Crippen LogP contribution in [0.2, 0.25) is 0 Å². The Morgan fingerprint density at radius 3 is 3.00 bits per heavy atom. The number of likely N-dealkylation sites (tertiary alicyclic amines) is 1. The highest BCUT2D eigenvalue weighted by Gasteiger charge is 2.22. The molecule has 2 rings (SSSR count). The summed E-state index contributed by atoms with van der Waals surface area (Å²) in [4.78, 5) is 3.94. The summed E-state index contributed by atoms with van der Waals surface area (Å²) in [7, 11) is 1.79. The van der Waals surface area contributed by atoms with E-state index in [0.29, 0.717) is 6.04 Å². The molecule has 1 saturated heterocycles. The molecule has 1 unspecified atom stereocenters. The summed E-state index contributed by atoms with van der Waals surface area (Å²) in [6.07, 6.45) is 4.87. The molecule has 2 heterocycles. The number of tetrazole rings is 1. The van der Waals surface area contributed by atoms with Gasteiger partial charge in [-0.25, -0.2) is 0 Å². The van der Waals surface area contributed by atoms with E-state index >= 15 is 0 Å². The molecular weight excluding hydrogens is 226 g/mol. The molecule has 0 radical (unpaired) electrons. The summed E-state index contributed by atoms with van der Waals surface area (Å²) < 4.78 is 0. The van der Waals surface area contributed by atoms with Crippen molar-refractivity contribution in [2.75, 3.05) is 12.4 Å². The summed E-state index contributed by atoms with van der Waals surface area (Å²) in [5.41, 5.74) is 0. The molecule has 1 aromatic heterocycles. The van der Waals surface area contributed by atoms with E-state index in [1.807, 2.05) is 0 Å². The lowest BCUT2D eigenvalue weighted by atomic mass is 10.00. The number of nitrogens with zero attached hydrogens (tertiary/aromatic N) is 5. The zero-order valence-corrected chi connectivity index (χ0v) is 10.4. The smallest absolute Gasteiger partial charge is 0.188 e. The highest BCUT2D eigenvalue weighted by atomic mass is 35.5. The highest BCUT2D eigenvalue weighted by Crippen LogP contribution is 2.21. The van der Waals surface area contributed by atoms with E-state index in [1.54, 1.807) is 7.05 Å². The third kappa shape index (κ3) is 2.92. The Kier molecular flexibility index (Phi) is 4.12. The standard InChI is InChI=1S/C10H18ClN5/c1-15-13-10(12-14-15)8-16-7-3-2-4-9(16)5-6-11/h9H,2-8H2,1H3. The van der Waals surface area contributed by atoms with Gasteiger partial charge in [0.25, 0.3) is 0 Å². The van der Waals surface area contributed by atoms with Crippen LogP contribution in [0.1, 0.15) is 31.5 Å². The van der Waals surface area contributed by atoms with Crippen molar-refractivity contribution < 1.29 is 0 Å². The average Bonchev–Trinajstić information content (AvgIpc) is 2.67. The SMILES string of the molecule is Cn1nnc(CN2CCCCC2CCCl)n1. The average molecular weight is 244 g/mol. The quantitative estimate of drug-likeness (QED) is 0.746. The third-order valence-electron chi connectivity index (χ3n) is 3.09. The minimum absolute atomic E-state index is 0.593. The van der Waals surface area contributed by atoms with Gasteiger partial charge in [-0.1, -0.05) is 6.42 Å². The monoisotopic (exact) mass is 243 g/mol. The number of hydrogen-bond donors (Lipinski definition) is 0. The molecule has 0 bridgehead atoms. The van der Waals surface area contributed by atoms with Gasteiger partial charge in [-0.15, -0.1) is 21.8 Å². The molecule has 1 atom stereocenters. The molecule has 16 heavy (non-hydrogen) atoms. The zero-order chi connectivity index (χ0) is 11.4. The summed E-state index contributed by atoms with van der Waals surface area (Å²) >= 11 is 5.83. The maximum atomic E-state index is 5.83. The van der Waals surface area contributed by atoms with Crippen molar-refractivity contribution in [3.8, 4) is 0 Å². The Balaban J connectivity index is 1.95. The van der Waals surface area contributed by atoms with Crippen LogP contribution in [0.25, 0.3) is 0 Å². The molecule has 1 aliphatic rings. The van der Waals surface area contributed by atoms with Crippen molar-refractivity contribution in [2.45, 2.75) is 38.3 Å². The van der Waals surface area contributed by atoms with E-state index in [9.17, 15) is 0 Å². The Morgan fingerprint density at radius 1 is 1.44 bits per heavy atom. The lowest BCUT2D eigenvalue weighted by Crippen LogP contribution is -2.39. The van der Waals surface area contributed by atoms with Gasteiger partial charge in [0.15, 0.2) is 5.82 Å². The van der Waals surface area contributed by atoms with Crippen LogP contribution in [0.15, 0.2) is 0 Å². The van der Waals surface area contributed by atoms with Gasteiger partial charge in [-0.2, -0.15) is 4.80 Å². The molecule has 1 fully saturated rings. The van der Waals surface area contributed by atoms with Crippen molar-refractivity contribution in [2.24, 2.45) is 7.05 Å². The molecule has 90 valence electrons. The number of rotatable bonds is 4. The Morgan fingerprint density at radius 2 is 2.31 bits per heavy atom. The van der Waals surface area contributed by atoms with Crippen molar-refractivity contribution in [3.63, 3.8) is 0 Å². The Bertz CT molecular complexity index is 325. The van der Waals surface area contributed by atoms with Gasteiger partial charge in [0.05, 0.1) is 13.6 Å². The van der Waals surface area contributed by atoms with Gasteiger partial charge in [0, 0.05) is 11.9 Å². The first-order chi connectivity index (χ1) is 7.79. The first-order valence-corrected chi connectivity index (χ1v) is 6.36. The largest absolute Gasteiger partial charge is 0.293 e. The van der Waals surface area contributed by atoms with Crippen LogP contribution in [-0.2, 0) is 13.6 Å². The van der Waals surface area contributed by atoms with Crippen molar-refractivity contribution in [1.82, 2.24) is 25.1 Å². The van der Waals surface area contributed by atoms with Crippen LogP contribution in [0.5, 0.6) is 0 Å². The van der Waals surface area contributed by atoms with E-state index in [1.165, 1.54) is 24.1 Å². The van der Waals surface area contributed by atoms with Gasteiger partial charge < -0.3 is 0 Å². The topological polar surface area (TPSA) is 46.8 Å². The van der Waals surface area contributed by atoms with E-state index in [0.717, 1.165) is 31.2 Å². The lowest BCUT2D eigenvalue weighted by molar-refractivity contribution is 0.133. The molecule has 0 aliphatic carbocycles. The van der Waals surface area contributed by atoms with Crippen molar-refractivity contribution in [3.05, 3.63) is 5.82 Å². The number of aryl methyl sites for hydroxylation is 1. The summed E-state index contributed by atoms with van der Waals surface area (Å²) in [5.74, 6) is 1.54. The molecule has 1 aromatic rings. The molecule has 6 heteroatoms. The molecule has 0 spiro atoms.